The third kappa shape index (κ3) is 3.57. The van der Waals surface area contributed by atoms with E-state index in [1.807, 2.05) is 0 Å². The molecule has 0 N–H and O–H groups in total. The Kier molecular flexibility index (Phi) is 4.99. The summed E-state index contributed by atoms with van der Waals surface area (Å²) in [6.07, 6.45) is 9.91. The summed E-state index contributed by atoms with van der Waals surface area (Å²) in [6.45, 7) is 2.62. The van der Waals surface area contributed by atoms with E-state index in [9.17, 15) is 0 Å². The maximum absolute atomic E-state index is 2.79. The van der Waals surface area contributed by atoms with Crippen LogP contribution in [0.1, 0.15) is 56.6 Å². The zero-order valence-corrected chi connectivity index (χ0v) is 14.7. The van der Waals surface area contributed by atoms with Gasteiger partial charge in [0.25, 0.3) is 0 Å². The monoisotopic (exact) mass is 319 g/mol. The Labute approximate surface area is 146 Å². The minimum Gasteiger partial charge on any atom is -0.296 e. The molecule has 1 aliphatic heterocycles. The molecule has 24 heavy (non-hydrogen) atoms. The third-order valence-electron chi connectivity index (χ3n) is 5.98. The van der Waals surface area contributed by atoms with E-state index in [4.69, 9.17) is 0 Å². The molecule has 2 aromatic carbocycles. The van der Waals surface area contributed by atoms with Gasteiger partial charge in [0, 0.05) is 12.6 Å². The van der Waals surface area contributed by atoms with Crippen molar-refractivity contribution in [2.24, 2.45) is 5.92 Å². The lowest BCUT2D eigenvalue weighted by molar-refractivity contribution is 0.126. The molecule has 126 valence electrons. The molecule has 0 amide bonds. The van der Waals surface area contributed by atoms with E-state index in [-0.39, 0.29) is 0 Å². The molecule has 1 saturated carbocycles. The van der Waals surface area contributed by atoms with Gasteiger partial charge < -0.3 is 0 Å². The van der Waals surface area contributed by atoms with Gasteiger partial charge in [-0.25, -0.2) is 0 Å². The highest BCUT2D eigenvalue weighted by Crippen LogP contribution is 2.35. The van der Waals surface area contributed by atoms with Crippen LogP contribution in [0, 0.1) is 5.92 Å². The fourth-order valence-electron chi connectivity index (χ4n) is 4.64. The van der Waals surface area contributed by atoms with Gasteiger partial charge >= 0.3 is 0 Å². The summed E-state index contributed by atoms with van der Waals surface area (Å²) >= 11 is 0. The highest BCUT2D eigenvalue weighted by Gasteiger charge is 2.27. The van der Waals surface area contributed by atoms with E-state index in [1.165, 1.54) is 74.7 Å². The van der Waals surface area contributed by atoms with Gasteiger partial charge in [-0.1, -0.05) is 73.9 Å². The second-order valence-electron chi connectivity index (χ2n) is 7.65. The van der Waals surface area contributed by atoms with E-state index >= 15 is 0 Å². The lowest BCUT2D eigenvalue weighted by Crippen LogP contribution is -2.36. The molecule has 1 heterocycles. The Morgan fingerprint density at radius 3 is 2.12 bits per heavy atom. The van der Waals surface area contributed by atoms with Gasteiger partial charge in [-0.05, 0) is 54.8 Å². The van der Waals surface area contributed by atoms with E-state index in [0.29, 0.717) is 6.04 Å². The molecular weight excluding hydrogens is 290 g/mol. The summed E-state index contributed by atoms with van der Waals surface area (Å²) in [4.78, 5) is 2.79. The quantitative estimate of drug-likeness (QED) is 0.661. The van der Waals surface area contributed by atoms with Gasteiger partial charge in [-0.15, -0.1) is 0 Å². The SMILES string of the molecule is c1ccc(-c2ccc(C3CCCCN3CC3CCCC3)cc2)cc1. The first-order valence-corrected chi connectivity index (χ1v) is 9.79. The van der Waals surface area contributed by atoms with Crippen molar-refractivity contribution in [1.82, 2.24) is 4.90 Å². The van der Waals surface area contributed by atoms with Crippen LogP contribution in [0.4, 0.5) is 0 Å². The standard InChI is InChI=1S/C23H29N/c1-2-10-20(11-3-1)21-13-15-22(16-14-21)23-12-6-7-17-24(23)18-19-8-4-5-9-19/h1-3,10-11,13-16,19,23H,4-9,12,17-18H2. The van der Waals surface area contributed by atoms with Gasteiger partial charge in [0.15, 0.2) is 0 Å². The molecule has 1 nitrogen and oxygen atoms in total. The Hall–Kier alpha value is -1.60. The molecule has 1 saturated heterocycles. The predicted octanol–water partition coefficient (Wildman–Crippen LogP) is 6.07. The van der Waals surface area contributed by atoms with Gasteiger partial charge in [-0.3, -0.25) is 4.90 Å². The summed E-state index contributed by atoms with van der Waals surface area (Å²) in [7, 11) is 0. The number of rotatable bonds is 4. The van der Waals surface area contributed by atoms with Crippen LogP contribution in [0.5, 0.6) is 0 Å². The van der Waals surface area contributed by atoms with E-state index in [2.05, 4.69) is 59.5 Å². The fourth-order valence-corrected chi connectivity index (χ4v) is 4.64. The molecule has 0 spiro atoms. The zero-order chi connectivity index (χ0) is 16.2. The van der Waals surface area contributed by atoms with Gasteiger partial charge in [0.2, 0.25) is 0 Å². The van der Waals surface area contributed by atoms with E-state index in [0.717, 1.165) is 5.92 Å². The van der Waals surface area contributed by atoms with Crippen molar-refractivity contribution in [2.75, 3.05) is 13.1 Å². The summed E-state index contributed by atoms with van der Waals surface area (Å²) in [6, 6.07) is 20.7. The summed E-state index contributed by atoms with van der Waals surface area (Å²) in [5, 5.41) is 0. The molecule has 2 aromatic rings. The highest BCUT2D eigenvalue weighted by molar-refractivity contribution is 5.63. The van der Waals surface area contributed by atoms with Gasteiger partial charge in [-0.2, -0.15) is 0 Å². The van der Waals surface area contributed by atoms with Crippen LogP contribution in [-0.4, -0.2) is 18.0 Å². The van der Waals surface area contributed by atoms with Crippen LogP contribution in [0.25, 0.3) is 11.1 Å². The summed E-state index contributed by atoms with van der Waals surface area (Å²) in [5.74, 6) is 0.953. The van der Waals surface area contributed by atoms with Crippen molar-refractivity contribution >= 4 is 0 Å². The summed E-state index contributed by atoms with van der Waals surface area (Å²) in [5.41, 5.74) is 4.17. The first-order chi connectivity index (χ1) is 11.9. The minimum absolute atomic E-state index is 0.643. The number of likely N-dealkylation sites (tertiary alicyclic amines) is 1. The fraction of sp³-hybridized carbons (Fsp3) is 0.478. The van der Waals surface area contributed by atoms with Crippen molar-refractivity contribution in [1.29, 1.82) is 0 Å². The van der Waals surface area contributed by atoms with Crippen molar-refractivity contribution in [3.63, 3.8) is 0 Å². The average Bonchev–Trinajstić information content (AvgIpc) is 3.16. The highest BCUT2D eigenvalue weighted by atomic mass is 15.2. The molecular formula is C23H29N. The number of piperidine rings is 1. The second kappa shape index (κ2) is 7.53. The Morgan fingerprint density at radius 1 is 0.708 bits per heavy atom. The largest absolute Gasteiger partial charge is 0.296 e. The Bertz CT molecular complexity index is 625. The normalized spacial score (nSPS) is 22.8. The van der Waals surface area contributed by atoms with Crippen LogP contribution < -0.4 is 0 Å². The number of hydrogen-bond acceptors (Lipinski definition) is 1. The van der Waals surface area contributed by atoms with Crippen molar-refractivity contribution < 1.29 is 0 Å². The van der Waals surface area contributed by atoms with Gasteiger partial charge in [0.1, 0.15) is 0 Å². The first kappa shape index (κ1) is 15.9. The molecule has 2 aliphatic rings. The number of benzene rings is 2. The molecule has 1 unspecified atom stereocenters. The average molecular weight is 319 g/mol. The molecule has 4 rings (SSSR count). The zero-order valence-electron chi connectivity index (χ0n) is 14.7. The lowest BCUT2D eigenvalue weighted by atomic mass is 9.92. The van der Waals surface area contributed by atoms with Crippen LogP contribution >= 0.6 is 0 Å². The van der Waals surface area contributed by atoms with E-state index in [1.54, 1.807) is 0 Å². The summed E-state index contributed by atoms with van der Waals surface area (Å²) < 4.78 is 0. The smallest absolute Gasteiger partial charge is 0.0348 e. The number of nitrogens with zero attached hydrogens (tertiary/aromatic N) is 1. The molecule has 2 fully saturated rings. The van der Waals surface area contributed by atoms with Gasteiger partial charge in [0.05, 0.1) is 0 Å². The lowest BCUT2D eigenvalue weighted by Gasteiger charge is -2.37. The maximum Gasteiger partial charge on any atom is 0.0348 e. The van der Waals surface area contributed by atoms with Crippen molar-refractivity contribution in [3.05, 3.63) is 60.2 Å². The van der Waals surface area contributed by atoms with Crippen molar-refractivity contribution in [2.45, 2.75) is 51.0 Å². The third-order valence-corrected chi connectivity index (χ3v) is 5.98. The minimum atomic E-state index is 0.643. The molecule has 0 aromatic heterocycles. The van der Waals surface area contributed by atoms with Crippen molar-refractivity contribution in [3.8, 4) is 11.1 Å². The molecule has 1 aliphatic carbocycles. The molecule has 0 radical (unpaired) electrons. The van der Waals surface area contributed by atoms with Crippen LogP contribution in [0.3, 0.4) is 0 Å². The molecule has 1 atom stereocenters. The maximum atomic E-state index is 2.79. The molecule has 1 heteroatoms. The number of hydrogen-bond donors (Lipinski definition) is 0. The van der Waals surface area contributed by atoms with Crippen LogP contribution in [0.15, 0.2) is 54.6 Å². The topological polar surface area (TPSA) is 3.24 Å². The predicted molar refractivity (Wildman–Crippen MR) is 102 cm³/mol. The molecule has 0 bridgehead atoms. The first-order valence-electron chi connectivity index (χ1n) is 9.79. The van der Waals surface area contributed by atoms with E-state index < -0.39 is 0 Å². The Morgan fingerprint density at radius 2 is 1.38 bits per heavy atom. The Balaban J connectivity index is 1.50. The van der Waals surface area contributed by atoms with Crippen LogP contribution in [0.2, 0.25) is 0 Å². The van der Waals surface area contributed by atoms with Crippen LogP contribution in [-0.2, 0) is 0 Å². The second-order valence-corrected chi connectivity index (χ2v) is 7.65.